The van der Waals surface area contributed by atoms with E-state index in [0.29, 0.717) is 5.56 Å². The number of benzene rings is 2. The molecule has 0 spiro atoms. The molecule has 4 nitrogen and oxygen atoms in total. The minimum Gasteiger partial charge on any atom is -0.422 e. The molecule has 2 aromatic rings. The van der Waals surface area contributed by atoms with Gasteiger partial charge in [0, 0.05) is 0 Å². The summed E-state index contributed by atoms with van der Waals surface area (Å²) in [5, 5.41) is 0. The molecule has 0 amide bonds. The summed E-state index contributed by atoms with van der Waals surface area (Å²) in [5.41, 5.74) is 0.371. The molecule has 0 radical (unpaired) electrons. The molecule has 0 aliphatic heterocycles. The molecule has 5 heteroatoms. The molecule has 0 aliphatic rings. The Kier molecular flexibility index (Phi) is 4.20. The summed E-state index contributed by atoms with van der Waals surface area (Å²) < 4.78 is 29.1. The van der Waals surface area contributed by atoms with Gasteiger partial charge in [-0.3, -0.25) is 0 Å². The molecule has 0 N–H and O–H groups in total. The third kappa shape index (κ3) is 3.05. The van der Waals surface area contributed by atoms with Crippen molar-refractivity contribution in [1.29, 1.82) is 0 Å². The normalized spacial score (nSPS) is 11.1. The van der Waals surface area contributed by atoms with Gasteiger partial charge in [-0.15, -0.1) is 0 Å². The van der Waals surface area contributed by atoms with Crippen molar-refractivity contribution in [2.24, 2.45) is 0 Å². The number of carbonyl (C=O) groups is 1. The first-order valence-corrected chi connectivity index (χ1v) is 7.79. The molecule has 0 atom stereocenters. The summed E-state index contributed by atoms with van der Waals surface area (Å²) in [6.07, 6.45) is 0. The molecule has 0 heterocycles. The Balaban J connectivity index is 2.34. The van der Waals surface area contributed by atoms with Gasteiger partial charge in [0.1, 0.15) is 10.6 Å². The van der Waals surface area contributed by atoms with Gasteiger partial charge in [0.15, 0.2) is 9.84 Å². The van der Waals surface area contributed by atoms with Crippen molar-refractivity contribution in [1.82, 2.24) is 0 Å². The van der Waals surface area contributed by atoms with Crippen molar-refractivity contribution in [3.8, 4) is 5.75 Å². The van der Waals surface area contributed by atoms with Crippen molar-refractivity contribution < 1.29 is 17.9 Å². The van der Waals surface area contributed by atoms with E-state index in [2.05, 4.69) is 0 Å². The topological polar surface area (TPSA) is 60.4 Å². The second-order valence-corrected chi connectivity index (χ2v) is 6.35. The first-order chi connectivity index (χ1) is 9.54. The Hall–Kier alpha value is -2.14. The Morgan fingerprint density at radius 1 is 1.00 bits per heavy atom. The highest BCUT2D eigenvalue weighted by Crippen LogP contribution is 2.25. The van der Waals surface area contributed by atoms with Crippen LogP contribution < -0.4 is 4.74 Å². The Bertz CT molecular complexity index is 706. The zero-order valence-corrected chi connectivity index (χ0v) is 11.8. The SMILES string of the molecule is CCS(=O)(=O)c1ccccc1OC(=O)c1ccccc1. The lowest BCUT2D eigenvalue weighted by atomic mass is 10.2. The number of hydrogen-bond acceptors (Lipinski definition) is 4. The lowest BCUT2D eigenvalue weighted by molar-refractivity contribution is 0.0730. The van der Waals surface area contributed by atoms with Crippen LogP contribution >= 0.6 is 0 Å². The molecular weight excluding hydrogens is 276 g/mol. The van der Waals surface area contributed by atoms with Crippen molar-refractivity contribution in [2.75, 3.05) is 5.75 Å². The molecule has 2 aromatic carbocycles. The van der Waals surface area contributed by atoms with Crippen LogP contribution in [-0.2, 0) is 9.84 Å². The number of hydrogen-bond donors (Lipinski definition) is 0. The average molecular weight is 290 g/mol. The highest BCUT2D eigenvalue weighted by Gasteiger charge is 2.19. The Morgan fingerprint density at radius 3 is 2.25 bits per heavy atom. The van der Waals surface area contributed by atoms with Crippen molar-refractivity contribution in [3.63, 3.8) is 0 Å². The van der Waals surface area contributed by atoms with Crippen LogP contribution in [0.15, 0.2) is 59.5 Å². The van der Waals surface area contributed by atoms with Gasteiger partial charge in [-0.05, 0) is 24.3 Å². The molecule has 104 valence electrons. The maximum Gasteiger partial charge on any atom is 0.343 e. The summed E-state index contributed by atoms with van der Waals surface area (Å²) in [4.78, 5) is 12.0. The standard InChI is InChI=1S/C15H14O4S/c1-2-20(17,18)14-11-7-6-10-13(14)19-15(16)12-8-4-3-5-9-12/h3-11H,2H2,1H3. The fourth-order valence-electron chi connectivity index (χ4n) is 1.68. The zero-order valence-electron chi connectivity index (χ0n) is 10.9. The summed E-state index contributed by atoms with van der Waals surface area (Å²) >= 11 is 0. The van der Waals surface area contributed by atoms with Crippen LogP contribution in [0.25, 0.3) is 0 Å². The molecule has 0 bridgehead atoms. The van der Waals surface area contributed by atoms with E-state index in [1.165, 1.54) is 12.1 Å². The van der Waals surface area contributed by atoms with Crippen molar-refractivity contribution in [3.05, 3.63) is 60.2 Å². The van der Waals surface area contributed by atoms with E-state index in [-0.39, 0.29) is 16.4 Å². The minimum atomic E-state index is -3.43. The van der Waals surface area contributed by atoms with Gasteiger partial charge >= 0.3 is 5.97 Å². The van der Waals surface area contributed by atoms with E-state index in [9.17, 15) is 13.2 Å². The first kappa shape index (κ1) is 14.3. The maximum absolute atomic E-state index is 12.0. The fourth-order valence-corrected chi connectivity index (χ4v) is 2.69. The third-order valence-corrected chi connectivity index (χ3v) is 4.54. The average Bonchev–Trinajstić information content (AvgIpc) is 2.48. The highest BCUT2D eigenvalue weighted by atomic mass is 32.2. The predicted molar refractivity (Wildman–Crippen MR) is 75.6 cm³/mol. The van der Waals surface area contributed by atoms with Gasteiger partial charge in [-0.25, -0.2) is 13.2 Å². The zero-order chi connectivity index (χ0) is 14.6. The number of ether oxygens (including phenoxy) is 1. The lowest BCUT2D eigenvalue weighted by Gasteiger charge is -2.09. The number of esters is 1. The largest absolute Gasteiger partial charge is 0.422 e. The van der Waals surface area contributed by atoms with E-state index >= 15 is 0 Å². The van der Waals surface area contributed by atoms with Crippen LogP contribution in [0.2, 0.25) is 0 Å². The summed E-state index contributed by atoms with van der Waals surface area (Å²) in [7, 11) is -3.43. The molecule has 0 saturated carbocycles. The van der Waals surface area contributed by atoms with Gasteiger partial charge in [-0.1, -0.05) is 37.3 Å². The van der Waals surface area contributed by atoms with Crippen LogP contribution in [0.1, 0.15) is 17.3 Å². The monoisotopic (exact) mass is 290 g/mol. The smallest absolute Gasteiger partial charge is 0.343 e. The van der Waals surface area contributed by atoms with E-state index in [1.54, 1.807) is 49.4 Å². The minimum absolute atomic E-state index is 0.0341. The first-order valence-electron chi connectivity index (χ1n) is 6.13. The molecule has 0 saturated heterocycles. The number of rotatable bonds is 4. The lowest BCUT2D eigenvalue weighted by Crippen LogP contribution is -2.12. The number of sulfone groups is 1. The Labute approximate surface area is 117 Å². The van der Waals surface area contributed by atoms with Gasteiger partial charge in [0.05, 0.1) is 11.3 Å². The second-order valence-electron chi connectivity index (χ2n) is 4.11. The van der Waals surface area contributed by atoms with Crippen LogP contribution in [0.4, 0.5) is 0 Å². The van der Waals surface area contributed by atoms with Crippen LogP contribution in [-0.4, -0.2) is 20.1 Å². The molecule has 0 unspecified atom stereocenters. The summed E-state index contributed by atoms with van der Waals surface area (Å²) in [6.45, 7) is 1.55. The van der Waals surface area contributed by atoms with E-state index in [1.807, 2.05) is 0 Å². The maximum atomic E-state index is 12.0. The van der Waals surface area contributed by atoms with Crippen LogP contribution in [0.5, 0.6) is 5.75 Å². The van der Waals surface area contributed by atoms with E-state index < -0.39 is 15.8 Å². The van der Waals surface area contributed by atoms with Crippen LogP contribution in [0, 0.1) is 0 Å². The van der Waals surface area contributed by atoms with Gasteiger partial charge in [-0.2, -0.15) is 0 Å². The van der Waals surface area contributed by atoms with Crippen LogP contribution in [0.3, 0.4) is 0 Å². The summed E-state index contributed by atoms with van der Waals surface area (Å²) in [5.74, 6) is -0.569. The Morgan fingerprint density at radius 2 is 1.60 bits per heavy atom. The molecule has 0 aliphatic carbocycles. The predicted octanol–water partition coefficient (Wildman–Crippen LogP) is 2.70. The molecular formula is C15H14O4S. The third-order valence-electron chi connectivity index (χ3n) is 2.78. The van der Waals surface area contributed by atoms with Crippen molar-refractivity contribution >= 4 is 15.8 Å². The molecule has 2 rings (SSSR count). The molecule has 0 aromatic heterocycles. The quantitative estimate of drug-likeness (QED) is 0.641. The fraction of sp³-hybridized carbons (Fsp3) is 0.133. The van der Waals surface area contributed by atoms with Crippen molar-refractivity contribution in [2.45, 2.75) is 11.8 Å². The second kappa shape index (κ2) is 5.88. The van der Waals surface area contributed by atoms with Gasteiger partial charge in [0.25, 0.3) is 0 Å². The molecule has 0 fully saturated rings. The van der Waals surface area contributed by atoms with Gasteiger partial charge in [0.2, 0.25) is 0 Å². The number of carbonyl (C=O) groups excluding carboxylic acids is 1. The van der Waals surface area contributed by atoms with Gasteiger partial charge < -0.3 is 4.74 Å². The van der Waals surface area contributed by atoms with E-state index in [4.69, 9.17) is 4.74 Å². The molecule has 20 heavy (non-hydrogen) atoms. The highest BCUT2D eigenvalue weighted by molar-refractivity contribution is 7.91. The van der Waals surface area contributed by atoms with E-state index in [0.717, 1.165) is 0 Å². The summed E-state index contributed by atoms with van der Waals surface area (Å²) in [6, 6.07) is 14.6. The number of para-hydroxylation sites is 1.